The van der Waals surface area contributed by atoms with Gasteiger partial charge in [0.15, 0.2) is 0 Å². The minimum absolute atomic E-state index is 0.466. The summed E-state index contributed by atoms with van der Waals surface area (Å²) in [6.45, 7) is 7.54. The third-order valence-corrected chi connectivity index (χ3v) is 5.20. The van der Waals surface area contributed by atoms with Crippen LogP contribution >= 0.6 is 0 Å². The third-order valence-electron chi connectivity index (χ3n) is 5.20. The Morgan fingerprint density at radius 1 is 1.04 bits per heavy atom. The van der Waals surface area contributed by atoms with Crippen molar-refractivity contribution in [1.82, 2.24) is 14.7 Å². The molecule has 28 heavy (non-hydrogen) atoms. The Bertz CT molecular complexity index is 674. The number of halogens is 3. The van der Waals surface area contributed by atoms with E-state index in [0.717, 1.165) is 63.0 Å². The molecule has 7 heteroatoms. The molecule has 2 aliphatic rings. The van der Waals surface area contributed by atoms with E-state index >= 15 is 0 Å². The zero-order chi connectivity index (χ0) is 20.0. The molecule has 1 aromatic carbocycles. The molecular weight excluding hydrogens is 365 g/mol. The van der Waals surface area contributed by atoms with Crippen molar-refractivity contribution >= 4 is 5.69 Å². The number of piperazine rings is 1. The average molecular weight is 394 g/mol. The van der Waals surface area contributed by atoms with Crippen LogP contribution in [-0.4, -0.2) is 73.7 Å². The Labute approximate surface area is 165 Å². The lowest BCUT2D eigenvalue weighted by Gasteiger charge is -2.32. The summed E-state index contributed by atoms with van der Waals surface area (Å²) >= 11 is 0. The lowest BCUT2D eigenvalue weighted by molar-refractivity contribution is -0.0896. The maximum atomic E-state index is 12.8. The van der Waals surface area contributed by atoms with Gasteiger partial charge in [-0.05, 0) is 37.7 Å². The fourth-order valence-corrected chi connectivity index (χ4v) is 3.45. The fraction of sp³-hybridized carbons (Fsp3) is 0.524. The number of allylic oxidation sites excluding steroid dienone is 2. The van der Waals surface area contributed by atoms with Crippen molar-refractivity contribution in [3.05, 3.63) is 53.8 Å². The van der Waals surface area contributed by atoms with Crippen molar-refractivity contribution < 1.29 is 13.2 Å². The molecule has 0 atom stereocenters. The largest absolute Gasteiger partial charge is 0.417 e. The van der Waals surface area contributed by atoms with Crippen molar-refractivity contribution in [3.63, 3.8) is 0 Å². The van der Waals surface area contributed by atoms with Crippen LogP contribution in [0.15, 0.2) is 48.2 Å². The summed E-state index contributed by atoms with van der Waals surface area (Å²) < 4.78 is 38.5. The average Bonchev–Trinajstić information content (AvgIpc) is 2.67. The number of hydrogen-bond acceptors (Lipinski definition) is 4. The number of nitrogens with one attached hydrogen (secondary N) is 1. The second-order valence-corrected chi connectivity index (χ2v) is 7.54. The van der Waals surface area contributed by atoms with Gasteiger partial charge >= 0.3 is 6.18 Å². The summed E-state index contributed by atoms with van der Waals surface area (Å²) in [4.78, 5) is 6.54. The number of likely N-dealkylation sites (N-methyl/N-ethyl adjacent to an activating group) is 1. The normalized spacial score (nSPS) is 19.0. The van der Waals surface area contributed by atoms with Crippen molar-refractivity contribution in [1.29, 1.82) is 0 Å². The van der Waals surface area contributed by atoms with Crippen LogP contribution in [0.3, 0.4) is 0 Å². The molecule has 0 spiro atoms. The topological polar surface area (TPSA) is 21.8 Å². The number of rotatable bonds is 7. The maximum Gasteiger partial charge on any atom is 0.417 e. The van der Waals surface area contributed by atoms with Crippen LogP contribution in [0.5, 0.6) is 0 Å². The highest BCUT2D eigenvalue weighted by atomic mass is 19.4. The lowest BCUT2D eigenvalue weighted by atomic mass is 10.1. The van der Waals surface area contributed by atoms with Crippen molar-refractivity contribution in [2.24, 2.45) is 0 Å². The molecule has 0 unspecified atom stereocenters. The smallest absolute Gasteiger partial charge is 0.385 e. The molecule has 0 saturated carbocycles. The molecule has 1 N–H and O–H groups in total. The highest BCUT2D eigenvalue weighted by molar-refractivity contribution is 5.44. The van der Waals surface area contributed by atoms with Gasteiger partial charge in [-0.2, -0.15) is 13.2 Å². The molecular formula is C21H29F3N4. The van der Waals surface area contributed by atoms with E-state index in [1.807, 2.05) is 24.3 Å². The molecule has 1 saturated heterocycles. The minimum Gasteiger partial charge on any atom is -0.385 e. The van der Waals surface area contributed by atoms with Gasteiger partial charge in [-0.15, -0.1) is 0 Å². The summed E-state index contributed by atoms with van der Waals surface area (Å²) in [5, 5.41) is 3.43. The number of alkyl halides is 3. The Hall–Kier alpha value is -1.99. The van der Waals surface area contributed by atoms with Gasteiger partial charge in [0, 0.05) is 57.7 Å². The Balaban J connectivity index is 1.40. The third kappa shape index (κ3) is 6.27. The van der Waals surface area contributed by atoms with Gasteiger partial charge in [-0.25, -0.2) is 0 Å². The van der Waals surface area contributed by atoms with Crippen LogP contribution < -0.4 is 5.32 Å². The molecule has 0 aromatic heterocycles. The monoisotopic (exact) mass is 394 g/mol. The fourth-order valence-electron chi connectivity index (χ4n) is 3.45. The molecule has 0 bridgehead atoms. The van der Waals surface area contributed by atoms with Gasteiger partial charge in [-0.3, -0.25) is 0 Å². The number of hydrogen-bond donors (Lipinski definition) is 1. The summed E-state index contributed by atoms with van der Waals surface area (Å²) in [5.74, 6) is 0. The van der Waals surface area contributed by atoms with Gasteiger partial charge in [0.2, 0.25) is 0 Å². The lowest BCUT2D eigenvalue weighted by Crippen LogP contribution is -2.44. The van der Waals surface area contributed by atoms with E-state index in [1.54, 1.807) is 11.0 Å². The second kappa shape index (κ2) is 9.47. The molecule has 1 aromatic rings. The van der Waals surface area contributed by atoms with E-state index in [9.17, 15) is 13.2 Å². The second-order valence-electron chi connectivity index (χ2n) is 7.54. The predicted molar refractivity (Wildman–Crippen MR) is 107 cm³/mol. The number of nitrogens with zero attached hydrogens (tertiary/aromatic N) is 3. The van der Waals surface area contributed by atoms with E-state index in [2.05, 4.69) is 22.2 Å². The zero-order valence-corrected chi connectivity index (χ0v) is 16.4. The number of anilines is 1. The van der Waals surface area contributed by atoms with Gasteiger partial charge < -0.3 is 20.0 Å². The van der Waals surface area contributed by atoms with Crippen LogP contribution in [0.4, 0.5) is 18.9 Å². The van der Waals surface area contributed by atoms with Gasteiger partial charge in [0.1, 0.15) is 0 Å². The van der Waals surface area contributed by atoms with Crippen LogP contribution in [0.1, 0.15) is 12.0 Å². The van der Waals surface area contributed by atoms with Crippen LogP contribution in [0.25, 0.3) is 0 Å². The highest BCUT2D eigenvalue weighted by Gasteiger charge is 2.33. The quantitative estimate of drug-likeness (QED) is 0.714. The summed E-state index contributed by atoms with van der Waals surface area (Å²) in [7, 11) is 2.16. The minimum atomic E-state index is -4.30. The van der Waals surface area contributed by atoms with Crippen molar-refractivity contribution in [3.8, 4) is 0 Å². The molecule has 154 valence electrons. The van der Waals surface area contributed by atoms with E-state index in [0.29, 0.717) is 13.1 Å². The van der Waals surface area contributed by atoms with E-state index in [-0.39, 0.29) is 0 Å². The van der Waals surface area contributed by atoms with E-state index < -0.39 is 11.7 Å². The molecule has 3 rings (SSSR count). The summed E-state index contributed by atoms with van der Waals surface area (Å²) in [6, 6.07) is 7.95. The Kier molecular flexibility index (Phi) is 7.02. The molecule has 4 nitrogen and oxygen atoms in total. The Morgan fingerprint density at radius 2 is 1.75 bits per heavy atom. The Morgan fingerprint density at radius 3 is 2.43 bits per heavy atom. The van der Waals surface area contributed by atoms with Gasteiger partial charge in [-0.1, -0.05) is 24.3 Å². The van der Waals surface area contributed by atoms with Crippen LogP contribution in [-0.2, 0) is 6.54 Å². The van der Waals surface area contributed by atoms with E-state index in [1.165, 1.54) is 6.20 Å². The molecule has 0 amide bonds. The zero-order valence-electron chi connectivity index (χ0n) is 16.4. The van der Waals surface area contributed by atoms with Gasteiger partial charge in [0.25, 0.3) is 0 Å². The molecule has 1 fully saturated rings. The summed E-state index contributed by atoms with van der Waals surface area (Å²) in [5.41, 5.74) is 1.45. The number of benzene rings is 1. The predicted octanol–water partition coefficient (Wildman–Crippen LogP) is 3.55. The van der Waals surface area contributed by atoms with Gasteiger partial charge in [0.05, 0.1) is 5.57 Å². The molecule has 2 aliphatic heterocycles. The molecule has 0 aliphatic carbocycles. The first-order valence-electron chi connectivity index (χ1n) is 9.83. The molecule has 2 heterocycles. The summed E-state index contributed by atoms with van der Waals surface area (Å²) in [6.07, 6.45) is 0.693. The molecule has 0 radical (unpaired) electrons. The van der Waals surface area contributed by atoms with Crippen LogP contribution in [0, 0.1) is 0 Å². The highest BCUT2D eigenvalue weighted by Crippen LogP contribution is 2.29. The van der Waals surface area contributed by atoms with Crippen molar-refractivity contribution in [2.45, 2.75) is 19.1 Å². The van der Waals surface area contributed by atoms with E-state index in [4.69, 9.17) is 0 Å². The first-order valence-corrected chi connectivity index (χ1v) is 9.83. The SMILES string of the molecule is CN1CCN(CCCNc2ccc(CN3C=C(C(F)(F)F)C=CC3)cc2)CC1. The van der Waals surface area contributed by atoms with Crippen LogP contribution in [0.2, 0.25) is 0 Å². The van der Waals surface area contributed by atoms with Crippen molar-refractivity contribution in [2.75, 3.05) is 58.2 Å². The first kappa shape index (κ1) is 20.7. The maximum absolute atomic E-state index is 12.8. The standard InChI is InChI=1S/C21H29F3N4/c1-26-12-14-27(15-13-26)11-3-9-25-20-7-5-18(6-8-20)16-28-10-2-4-19(17-28)21(22,23)24/h2,4-8,17,25H,3,9-16H2,1H3. The first-order chi connectivity index (χ1) is 13.4.